The molecule has 0 atom stereocenters. The van der Waals surface area contributed by atoms with Gasteiger partial charge < -0.3 is 5.32 Å². The molecule has 0 radical (unpaired) electrons. The Hall–Kier alpha value is -1.11. The minimum atomic E-state index is -3.17. The molecule has 7 heteroatoms. The predicted octanol–water partition coefficient (Wildman–Crippen LogP) is 0.848. The summed E-state index contributed by atoms with van der Waals surface area (Å²) in [5, 5.41) is 3.37. The quantitative estimate of drug-likeness (QED) is 0.896. The van der Waals surface area contributed by atoms with Crippen LogP contribution in [-0.4, -0.2) is 38.0 Å². The number of benzene rings is 1. The van der Waals surface area contributed by atoms with Crippen LogP contribution in [0.4, 0.5) is 0 Å². The second-order valence-corrected chi connectivity index (χ2v) is 6.98. The van der Waals surface area contributed by atoms with E-state index in [1.807, 2.05) is 18.2 Å². The number of hydrogen-bond acceptors (Lipinski definition) is 3. The van der Waals surface area contributed by atoms with Crippen LogP contribution in [0.25, 0.3) is 0 Å². The molecule has 1 aromatic rings. The fraction of sp³-hybridized carbons (Fsp3) is 0.417. The van der Waals surface area contributed by atoms with Crippen molar-refractivity contribution in [2.45, 2.75) is 6.54 Å². The summed E-state index contributed by atoms with van der Waals surface area (Å²) in [5.41, 5.74) is 0.844. The van der Waals surface area contributed by atoms with Crippen LogP contribution in [0.1, 0.15) is 5.56 Å². The second kappa shape index (κ2) is 5.48. The summed E-state index contributed by atoms with van der Waals surface area (Å²) >= 11 is 5.98. The lowest BCUT2D eigenvalue weighted by atomic mass is 10.0. The normalized spacial score (nSPS) is 16.9. The smallest absolute Gasteiger partial charge is 0.226 e. The third-order valence-electron chi connectivity index (χ3n) is 3.10. The highest BCUT2D eigenvalue weighted by molar-refractivity contribution is 7.88. The summed E-state index contributed by atoms with van der Waals surface area (Å²) in [6.45, 7) is 0.869. The maximum Gasteiger partial charge on any atom is 0.226 e. The standard InChI is InChI=1S/C12H15ClN2O3S/c1-19(17,18)15-7-10(8-15)12(16)14-6-9-4-2-3-5-11(9)13/h2-5,10H,6-8H2,1H3,(H,14,16). The van der Waals surface area contributed by atoms with E-state index in [1.165, 1.54) is 4.31 Å². The average molecular weight is 303 g/mol. The number of carbonyl (C=O) groups is 1. The molecule has 2 rings (SSSR count). The predicted molar refractivity (Wildman–Crippen MR) is 73.2 cm³/mol. The Balaban J connectivity index is 1.83. The van der Waals surface area contributed by atoms with E-state index in [0.717, 1.165) is 11.8 Å². The van der Waals surface area contributed by atoms with Crippen molar-refractivity contribution in [1.82, 2.24) is 9.62 Å². The maximum atomic E-state index is 11.8. The van der Waals surface area contributed by atoms with Crippen LogP contribution in [0.2, 0.25) is 5.02 Å². The zero-order valence-electron chi connectivity index (χ0n) is 10.5. The SMILES string of the molecule is CS(=O)(=O)N1CC(C(=O)NCc2ccccc2Cl)C1. The molecule has 0 aromatic heterocycles. The topological polar surface area (TPSA) is 66.5 Å². The zero-order chi connectivity index (χ0) is 14.0. The van der Waals surface area contributed by atoms with Gasteiger partial charge >= 0.3 is 0 Å². The molecule has 1 aliphatic rings. The van der Waals surface area contributed by atoms with Gasteiger partial charge in [-0.3, -0.25) is 4.79 Å². The highest BCUT2D eigenvalue weighted by atomic mass is 35.5. The molecule has 0 aliphatic carbocycles. The van der Waals surface area contributed by atoms with Gasteiger partial charge in [0.1, 0.15) is 0 Å². The van der Waals surface area contributed by atoms with Gasteiger partial charge in [-0.15, -0.1) is 0 Å². The first kappa shape index (κ1) is 14.3. The van der Waals surface area contributed by atoms with Gasteiger partial charge in [0.2, 0.25) is 15.9 Å². The summed E-state index contributed by atoms with van der Waals surface area (Å²) in [6.07, 6.45) is 1.14. The van der Waals surface area contributed by atoms with E-state index in [0.29, 0.717) is 11.6 Å². The molecule has 19 heavy (non-hydrogen) atoms. The molecule has 0 saturated carbocycles. The molecular formula is C12H15ClN2O3S. The monoisotopic (exact) mass is 302 g/mol. The Morgan fingerprint density at radius 2 is 2.05 bits per heavy atom. The molecule has 0 bridgehead atoms. The van der Waals surface area contributed by atoms with Gasteiger partial charge in [-0.05, 0) is 11.6 Å². The van der Waals surface area contributed by atoms with Gasteiger partial charge in [0.15, 0.2) is 0 Å². The highest BCUT2D eigenvalue weighted by Crippen LogP contribution is 2.19. The largest absolute Gasteiger partial charge is 0.352 e. The number of nitrogens with zero attached hydrogens (tertiary/aromatic N) is 1. The van der Waals surface area contributed by atoms with Gasteiger partial charge in [-0.1, -0.05) is 29.8 Å². The second-order valence-electron chi connectivity index (χ2n) is 4.59. The number of sulfonamides is 1. The number of nitrogens with one attached hydrogen (secondary N) is 1. The van der Waals surface area contributed by atoms with Crippen molar-refractivity contribution in [2.75, 3.05) is 19.3 Å². The Morgan fingerprint density at radius 3 is 2.63 bits per heavy atom. The van der Waals surface area contributed by atoms with Gasteiger partial charge in [0.05, 0.1) is 12.2 Å². The van der Waals surface area contributed by atoms with E-state index < -0.39 is 10.0 Å². The first-order valence-corrected chi connectivity index (χ1v) is 8.07. The first-order valence-electron chi connectivity index (χ1n) is 5.84. The molecule has 5 nitrogen and oxygen atoms in total. The average Bonchev–Trinajstić information content (AvgIpc) is 2.24. The van der Waals surface area contributed by atoms with E-state index in [4.69, 9.17) is 11.6 Å². The van der Waals surface area contributed by atoms with Crippen LogP contribution < -0.4 is 5.32 Å². The van der Waals surface area contributed by atoms with E-state index in [9.17, 15) is 13.2 Å². The number of halogens is 1. The molecular weight excluding hydrogens is 288 g/mol. The van der Waals surface area contributed by atoms with Gasteiger partial charge in [0.25, 0.3) is 0 Å². The fourth-order valence-corrected chi connectivity index (χ4v) is 2.95. The number of carbonyl (C=O) groups excluding carboxylic acids is 1. The van der Waals surface area contributed by atoms with E-state index in [2.05, 4.69) is 5.32 Å². The Labute approximate surface area is 117 Å². The third kappa shape index (κ3) is 3.46. The minimum absolute atomic E-state index is 0.139. The molecule has 0 unspecified atom stereocenters. The van der Waals surface area contributed by atoms with Crippen molar-refractivity contribution in [2.24, 2.45) is 5.92 Å². The lowest BCUT2D eigenvalue weighted by Crippen LogP contribution is -2.55. The van der Waals surface area contributed by atoms with Crippen molar-refractivity contribution in [3.05, 3.63) is 34.9 Å². The Bertz CT molecular complexity index is 582. The van der Waals surface area contributed by atoms with Gasteiger partial charge in [-0.25, -0.2) is 12.7 Å². The van der Waals surface area contributed by atoms with Gasteiger partial charge in [0, 0.05) is 24.7 Å². The van der Waals surface area contributed by atoms with Crippen LogP contribution in [-0.2, 0) is 21.4 Å². The van der Waals surface area contributed by atoms with Crippen molar-refractivity contribution < 1.29 is 13.2 Å². The lowest BCUT2D eigenvalue weighted by Gasteiger charge is -2.35. The molecule has 1 fully saturated rings. The van der Waals surface area contributed by atoms with Crippen LogP contribution >= 0.6 is 11.6 Å². The molecule has 1 heterocycles. The van der Waals surface area contributed by atoms with Crippen LogP contribution in [0, 0.1) is 5.92 Å². The van der Waals surface area contributed by atoms with Crippen LogP contribution in [0.15, 0.2) is 24.3 Å². The highest BCUT2D eigenvalue weighted by Gasteiger charge is 2.37. The summed E-state index contributed by atoms with van der Waals surface area (Å²) in [6, 6.07) is 7.27. The summed E-state index contributed by atoms with van der Waals surface area (Å²) in [7, 11) is -3.17. The molecule has 1 amide bonds. The summed E-state index contributed by atoms with van der Waals surface area (Å²) in [5.74, 6) is -0.406. The Morgan fingerprint density at radius 1 is 1.42 bits per heavy atom. The molecule has 0 spiro atoms. The molecule has 1 aliphatic heterocycles. The van der Waals surface area contributed by atoms with E-state index in [1.54, 1.807) is 6.07 Å². The maximum absolute atomic E-state index is 11.8. The minimum Gasteiger partial charge on any atom is -0.352 e. The molecule has 1 saturated heterocycles. The molecule has 104 valence electrons. The van der Waals surface area contributed by atoms with Gasteiger partial charge in [-0.2, -0.15) is 0 Å². The number of amides is 1. The Kier molecular flexibility index (Phi) is 4.13. The zero-order valence-corrected chi connectivity index (χ0v) is 12.0. The van der Waals surface area contributed by atoms with Crippen LogP contribution in [0.5, 0.6) is 0 Å². The number of rotatable bonds is 4. The van der Waals surface area contributed by atoms with Crippen molar-refractivity contribution in [3.8, 4) is 0 Å². The lowest BCUT2D eigenvalue weighted by molar-refractivity contribution is -0.128. The summed E-state index contributed by atoms with van der Waals surface area (Å²) in [4.78, 5) is 11.8. The first-order chi connectivity index (χ1) is 8.88. The van der Waals surface area contributed by atoms with Crippen molar-refractivity contribution in [1.29, 1.82) is 0 Å². The van der Waals surface area contributed by atoms with Crippen molar-refractivity contribution in [3.63, 3.8) is 0 Å². The number of hydrogen-bond donors (Lipinski definition) is 1. The van der Waals surface area contributed by atoms with E-state index in [-0.39, 0.29) is 24.9 Å². The molecule has 1 N–H and O–H groups in total. The molecule has 1 aromatic carbocycles. The van der Waals surface area contributed by atoms with E-state index >= 15 is 0 Å². The summed E-state index contributed by atoms with van der Waals surface area (Å²) < 4.78 is 23.6. The third-order valence-corrected chi connectivity index (χ3v) is 4.70. The van der Waals surface area contributed by atoms with Crippen LogP contribution in [0.3, 0.4) is 0 Å². The van der Waals surface area contributed by atoms with Crippen molar-refractivity contribution >= 4 is 27.5 Å². The fourth-order valence-electron chi connectivity index (χ4n) is 1.84.